The summed E-state index contributed by atoms with van der Waals surface area (Å²) in [6.07, 6.45) is 0.579. The number of carbonyl (C=O) groups is 1. The Morgan fingerprint density at radius 1 is 1.26 bits per heavy atom. The number of nitrogens with zero attached hydrogens (tertiary/aromatic N) is 4. The second-order valence-electron chi connectivity index (χ2n) is 8.85. The molecule has 5 rings (SSSR count). The van der Waals surface area contributed by atoms with Gasteiger partial charge in [0.05, 0.1) is 37.9 Å². The van der Waals surface area contributed by atoms with E-state index in [1.54, 1.807) is 19.9 Å². The highest BCUT2D eigenvalue weighted by atomic mass is 16.5. The molecule has 1 unspecified atom stereocenters. The molecule has 3 aromatic rings. The van der Waals surface area contributed by atoms with E-state index >= 15 is 0 Å². The van der Waals surface area contributed by atoms with Crippen molar-refractivity contribution >= 4 is 5.91 Å². The smallest absolute Gasteiger partial charge is 0.284 e. The van der Waals surface area contributed by atoms with Crippen LogP contribution in [-0.4, -0.2) is 63.5 Å². The van der Waals surface area contributed by atoms with Crippen LogP contribution in [0.3, 0.4) is 0 Å². The van der Waals surface area contributed by atoms with Gasteiger partial charge in [-0.2, -0.15) is 0 Å². The SMILES string of the molecule is Cc1cc(C(C)(O)C#Cc2ccc3c(c2)-c2nc(C(N)=O)n(CN4CCOCC4)c2CCO3)no1. The van der Waals surface area contributed by atoms with Crippen LogP contribution in [0.25, 0.3) is 11.3 Å². The second kappa shape index (κ2) is 9.19. The summed E-state index contributed by atoms with van der Waals surface area (Å²) >= 11 is 0. The topological polar surface area (TPSA) is 129 Å². The van der Waals surface area contributed by atoms with Gasteiger partial charge < -0.3 is 29.4 Å². The van der Waals surface area contributed by atoms with Gasteiger partial charge >= 0.3 is 0 Å². The molecule has 2 aliphatic rings. The number of aryl methyl sites for hydroxylation is 1. The summed E-state index contributed by atoms with van der Waals surface area (Å²) in [5, 5.41) is 14.6. The number of aromatic nitrogens is 3. The second-order valence-corrected chi connectivity index (χ2v) is 8.85. The fourth-order valence-electron chi connectivity index (χ4n) is 4.27. The van der Waals surface area contributed by atoms with Gasteiger partial charge in [0.2, 0.25) is 5.82 Å². The van der Waals surface area contributed by atoms with E-state index in [1.807, 2.05) is 22.8 Å². The molecule has 2 aromatic heterocycles. The summed E-state index contributed by atoms with van der Waals surface area (Å²) in [4.78, 5) is 19.2. The molecule has 1 atom stereocenters. The molecular formula is C25H27N5O5. The molecule has 0 saturated carbocycles. The van der Waals surface area contributed by atoms with Gasteiger partial charge in [0.15, 0.2) is 5.60 Å². The van der Waals surface area contributed by atoms with Crippen LogP contribution >= 0.6 is 0 Å². The lowest BCUT2D eigenvalue weighted by molar-refractivity contribution is 0.0225. The van der Waals surface area contributed by atoms with Gasteiger partial charge in [0.1, 0.15) is 17.2 Å². The van der Waals surface area contributed by atoms with Gasteiger partial charge in [-0.3, -0.25) is 9.69 Å². The summed E-state index contributed by atoms with van der Waals surface area (Å²) < 4.78 is 18.4. The van der Waals surface area contributed by atoms with E-state index in [0.29, 0.717) is 61.4 Å². The Morgan fingerprint density at radius 3 is 2.77 bits per heavy atom. The molecule has 2 aliphatic heterocycles. The maximum Gasteiger partial charge on any atom is 0.284 e. The van der Waals surface area contributed by atoms with Crippen LogP contribution in [0.1, 0.15) is 40.3 Å². The minimum absolute atomic E-state index is 0.218. The molecule has 1 amide bonds. The predicted molar refractivity (Wildman–Crippen MR) is 125 cm³/mol. The standard InChI is InChI=1S/C25H27N5O5/c1-16-13-21(28-35-16)25(2,32)7-5-17-3-4-20-18(14-17)22-19(6-10-34-20)30(24(27-22)23(26)31)15-29-8-11-33-12-9-29/h3-4,13-14,32H,6,8-12,15H2,1-2H3,(H2,26,31). The van der Waals surface area contributed by atoms with Crippen molar-refractivity contribution in [3.8, 4) is 28.8 Å². The number of hydrogen-bond donors (Lipinski definition) is 2. The predicted octanol–water partition coefficient (Wildman–Crippen LogP) is 1.43. The fraction of sp³-hybridized carbons (Fsp3) is 0.400. The van der Waals surface area contributed by atoms with Crippen LogP contribution in [-0.2, 0) is 23.4 Å². The monoisotopic (exact) mass is 477 g/mol. The van der Waals surface area contributed by atoms with Crippen LogP contribution in [0, 0.1) is 18.8 Å². The van der Waals surface area contributed by atoms with Gasteiger partial charge in [-0.15, -0.1) is 0 Å². The molecule has 10 nitrogen and oxygen atoms in total. The number of carbonyl (C=O) groups excluding carboxylic acids is 1. The van der Waals surface area contributed by atoms with Gasteiger partial charge in [-0.25, -0.2) is 4.98 Å². The Hall–Kier alpha value is -3.65. The first-order chi connectivity index (χ1) is 16.8. The average Bonchev–Trinajstić information content (AvgIpc) is 3.38. The van der Waals surface area contributed by atoms with Crippen molar-refractivity contribution in [3.05, 3.63) is 52.8 Å². The highest BCUT2D eigenvalue weighted by Crippen LogP contribution is 2.36. The molecule has 3 N–H and O–H groups in total. The first-order valence-electron chi connectivity index (χ1n) is 11.5. The minimum Gasteiger partial charge on any atom is -0.492 e. The third-order valence-electron chi connectivity index (χ3n) is 6.15. The quantitative estimate of drug-likeness (QED) is 0.540. The molecule has 1 fully saturated rings. The zero-order valence-corrected chi connectivity index (χ0v) is 19.7. The summed E-state index contributed by atoms with van der Waals surface area (Å²) in [7, 11) is 0. The highest BCUT2D eigenvalue weighted by Gasteiger charge is 2.28. The van der Waals surface area contributed by atoms with Crippen molar-refractivity contribution < 1.29 is 23.9 Å². The Labute approximate surface area is 202 Å². The van der Waals surface area contributed by atoms with Crippen LogP contribution < -0.4 is 10.5 Å². The Morgan fingerprint density at radius 2 is 2.06 bits per heavy atom. The zero-order valence-electron chi connectivity index (χ0n) is 19.7. The van der Waals surface area contributed by atoms with Gasteiger partial charge in [-0.05, 0) is 32.0 Å². The normalized spacial score (nSPS) is 17.2. The lowest BCUT2D eigenvalue weighted by atomic mass is 10.0. The Bertz CT molecular complexity index is 1320. The highest BCUT2D eigenvalue weighted by molar-refractivity contribution is 5.91. The Balaban J connectivity index is 1.53. The number of hydrogen-bond acceptors (Lipinski definition) is 8. The van der Waals surface area contributed by atoms with E-state index in [0.717, 1.165) is 24.3 Å². The third-order valence-corrected chi connectivity index (χ3v) is 6.15. The third kappa shape index (κ3) is 4.66. The van der Waals surface area contributed by atoms with E-state index in [9.17, 15) is 9.90 Å². The van der Waals surface area contributed by atoms with E-state index in [1.165, 1.54) is 0 Å². The molecule has 1 aromatic carbocycles. The van der Waals surface area contributed by atoms with Crippen molar-refractivity contribution in [2.24, 2.45) is 5.73 Å². The van der Waals surface area contributed by atoms with Crippen LogP contribution in [0.5, 0.6) is 5.75 Å². The van der Waals surface area contributed by atoms with E-state index < -0.39 is 11.5 Å². The molecular weight excluding hydrogens is 450 g/mol. The van der Waals surface area contributed by atoms with Crippen molar-refractivity contribution in [1.29, 1.82) is 0 Å². The minimum atomic E-state index is -1.48. The first kappa shape index (κ1) is 23.1. The van der Waals surface area contributed by atoms with Crippen LogP contribution in [0.15, 0.2) is 28.8 Å². The molecule has 0 aliphatic carbocycles. The molecule has 182 valence electrons. The number of nitrogens with two attached hydrogens (primary N) is 1. The molecule has 0 radical (unpaired) electrons. The number of aliphatic hydroxyl groups is 1. The molecule has 0 bridgehead atoms. The zero-order chi connectivity index (χ0) is 24.6. The number of primary amides is 1. The van der Waals surface area contributed by atoms with Gasteiger partial charge in [0.25, 0.3) is 5.91 Å². The summed E-state index contributed by atoms with van der Waals surface area (Å²) in [5.41, 5.74) is 7.50. The molecule has 35 heavy (non-hydrogen) atoms. The number of morpholine rings is 1. The van der Waals surface area contributed by atoms with Crippen molar-refractivity contribution in [2.45, 2.75) is 32.5 Å². The van der Waals surface area contributed by atoms with E-state index in [4.69, 9.17) is 19.7 Å². The summed E-state index contributed by atoms with van der Waals surface area (Å²) in [5.74, 6) is 6.77. The molecule has 0 spiro atoms. The first-order valence-corrected chi connectivity index (χ1v) is 11.5. The van der Waals surface area contributed by atoms with Crippen LogP contribution in [0.2, 0.25) is 0 Å². The number of benzene rings is 1. The summed E-state index contributed by atoms with van der Waals surface area (Å²) in [6, 6.07) is 7.15. The maximum atomic E-state index is 12.3. The Kier molecular flexibility index (Phi) is 6.06. The van der Waals surface area contributed by atoms with E-state index in [2.05, 4.69) is 26.9 Å². The maximum absolute atomic E-state index is 12.3. The largest absolute Gasteiger partial charge is 0.492 e. The number of fused-ring (bicyclic) bond motifs is 3. The molecule has 4 heterocycles. The van der Waals surface area contributed by atoms with Crippen LogP contribution in [0.4, 0.5) is 0 Å². The molecule has 10 heteroatoms. The fourth-order valence-corrected chi connectivity index (χ4v) is 4.27. The van der Waals surface area contributed by atoms with E-state index in [-0.39, 0.29) is 5.82 Å². The summed E-state index contributed by atoms with van der Waals surface area (Å²) in [6.45, 7) is 7.09. The number of amides is 1. The van der Waals surface area contributed by atoms with Crippen molar-refractivity contribution in [2.75, 3.05) is 32.9 Å². The lowest BCUT2D eigenvalue weighted by Crippen LogP contribution is -2.38. The number of rotatable bonds is 4. The van der Waals surface area contributed by atoms with Crippen molar-refractivity contribution in [1.82, 2.24) is 19.6 Å². The van der Waals surface area contributed by atoms with Gasteiger partial charge in [-0.1, -0.05) is 17.0 Å². The van der Waals surface area contributed by atoms with Crippen molar-refractivity contribution in [3.63, 3.8) is 0 Å². The lowest BCUT2D eigenvalue weighted by Gasteiger charge is -2.28. The number of ether oxygens (including phenoxy) is 2. The molecule has 1 saturated heterocycles. The van der Waals surface area contributed by atoms with Gasteiger partial charge in [0, 0.05) is 36.7 Å². The average molecular weight is 478 g/mol. The number of imidazole rings is 1.